The number of carbonyl (C=O) groups is 1. The number of aliphatic carboxylic acids is 1. The predicted molar refractivity (Wildman–Crippen MR) is 69.6 cm³/mol. The average molecular weight is 247 g/mol. The van der Waals surface area contributed by atoms with Crippen molar-refractivity contribution in [2.75, 3.05) is 5.75 Å². The number of carboxylic acid groups (broad SMARTS) is 1. The molecule has 0 radical (unpaired) electrons. The number of benzene rings is 1. The first kappa shape index (κ1) is 11.9. The van der Waals surface area contributed by atoms with Crippen LogP contribution in [-0.4, -0.2) is 21.8 Å². The molecule has 1 heterocycles. The molecular weight excluding hydrogens is 234 g/mol. The van der Waals surface area contributed by atoms with E-state index >= 15 is 0 Å². The number of nitrogens with zero attached hydrogens (tertiary/aromatic N) is 1. The highest BCUT2D eigenvalue weighted by Gasteiger charge is 2.07. The van der Waals surface area contributed by atoms with Crippen LogP contribution in [0, 0.1) is 13.8 Å². The standard InChI is InChI=1S/C13H13NO2S/c1-8-5-9(2)13-10(6-8)11(3-4-14-13)17-7-12(15)16/h3-6H,7H2,1-2H3,(H,15,16). The fourth-order valence-corrected chi connectivity index (χ4v) is 2.60. The smallest absolute Gasteiger partial charge is 0.313 e. The third kappa shape index (κ3) is 2.58. The fraction of sp³-hybridized carbons (Fsp3) is 0.231. The zero-order chi connectivity index (χ0) is 12.4. The van der Waals surface area contributed by atoms with Gasteiger partial charge in [-0.05, 0) is 31.5 Å². The molecule has 3 nitrogen and oxygen atoms in total. The lowest BCUT2D eigenvalue weighted by molar-refractivity contribution is -0.133. The SMILES string of the molecule is Cc1cc(C)c2nccc(SCC(=O)O)c2c1. The van der Waals surface area contributed by atoms with Crippen molar-refractivity contribution in [2.45, 2.75) is 18.7 Å². The zero-order valence-electron chi connectivity index (χ0n) is 9.73. The molecule has 0 amide bonds. The minimum atomic E-state index is -0.802. The van der Waals surface area contributed by atoms with Crippen LogP contribution in [0.4, 0.5) is 0 Å². The molecule has 2 aromatic rings. The third-order valence-electron chi connectivity index (χ3n) is 2.49. The van der Waals surface area contributed by atoms with Crippen LogP contribution in [-0.2, 0) is 4.79 Å². The Morgan fingerprint density at radius 1 is 1.41 bits per heavy atom. The van der Waals surface area contributed by atoms with Crippen molar-refractivity contribution in [3.63, 3.8) is 0 Å². The maximum atomic E-state index is 10.6. The van der Waals surface area contributed by atoms with E-state index < -0.39 is 5.97 Å². The third-order valence-corrected chi connectivity index (χ3v) is 3.55. The van der Waals surface area contributed by atoms with Crippen molar-refractivity contribution in [2.24, 2.45) is 0 Å². The minimum Gasteiger partial charge on any atom is -0.481 e. The van der Waals surface area contributed by atoms with Crippen molar-refractivity contribution in [1.82, 2.24) is 4.98 Å². The highest BCUT2D eigenvalue weighted by atomic mass is 32.2. The summed E-state index contributed by atoms with van der Waals surface area (Å²) in [5.74, 6) is -0.726. The summed E-state index contributed by atoms with van der Waals surface area (Å²) in [6.45, 7) is 4.05. The quantitative estimate of drug-likeness (QED) is 0.847. The van der Waals surface area contributed by atoms with Crippen molar-refractivity contribution in [3.8, 4) is 0 Å². The van der Waals surface area contributed by atoms with Crippen molar-refractivity contribution >= 4 is 28.6 Å². The highest BCUT2D eigenvalue weighted by Crippen LogP contribution is 2.29. The molecule has 0 bridgehead atoms. The number of pyridine rings is 1. The first-order valence-electron chi connectivity index (χ1n) is 5.28. The van der Waals surface area contributed by atoms with Gasteiger partial charge in [-0.2, -0.15) is 0 Å². The molecule has 0 spiro atoms. The Kier molecular flexibility index (Phi) is 3.33. The molecular formula is C13H13NO2S. The summed E-state index contributed by atoms with van der Waals surface area (Å²) in [4.78, 5) is 15.9. The van der Waals surface area contributed by atoms with E-state index in [2.05, 4.69) is 17.1 Å². The molecule has 4 heteroatoms. The molecule has 0 saturated heterocycles. The van der Waals surface area contributed by atoms with Gasteiger partial charge in [0.2, 0.25) is 0 Å². The van der Waals surface area contributed by atoms with Gasteiger partial charge in [-0.1, -0.05) is 11.6 Å². The fourth-order valence-electron chi connectivity index (χ4n) is 1.85. The number of hydrogen-bond acceptors (Lipinski definition) is 3. The average Bonchev–Trinajstić information content (AvgIpc) is 2.26. The summed E-state index contributed by atoms with van der Waals surface area (Å²) in [6, 6.07) is 6.01. The lowest BCUT2D eigenvalue weighted by Gasteiger charge is -2.07. The number of carboxylic acids is 1. The van der Waals surface area contributed by atoms with E-state index in [1.54, 1.807) is 6.20 Å². The molecule has 1 aromatic carbocycles. The summed E-state index contributed by atoms with van der Waals surface area (Å²) in [5, 5.41) is 9.76. The normalized spacial score (nSPS) is 10.7. The Bertz CT molecular complexity index is 581. The Labute approximate surface area is 104 Å². The van der Waals surface area contributed by atoms with Gasteiger partial charge in [0.25, 0.3) is 0 Å². The van der Waals surface area contributed by atoms with Crippen LogP contribution < -0.4 is 0 Å². The van der Waals surface area contributed by atoms with Crippen LogP contribution >= 0.6 is 11.8 Å². The number of rotatable bonds is 3. The molecule has 0 fully saturated rings. The number of hydrogen-bond donors (Lipinski definition) is 1. The number of fused-ring (bicyclic) bond motifs is 1. The summed E-state index contributed by atoms with van der Waals surface area (Å²) >= 11 is 1.34. The van der Waals surface area contributed by atoms with Gasteiger partial charge < -0.3 is 5.11 Å². The van der Waals surface area contributed by atoms with Gasteiger partial charge in [0, 0.05) is 16.5 Å². The summed E-state index contributed by atoms with van der Waals surface area (Å²) in [7, 11) is 0. The summed E-state index contributed by atoms with van der Waals surface area (Å²) < 4.78 is 0. The molecule has 1 N–H and O–H groups in total. The molecule has 0 aliphatic heterocycles. The van der Waals surface area contributed by atoms with Crippen LogP contribution in [0.15, 0.2) is 29.3 Å². The molecule has 0 unspecified atom stereocenters. The van der Waals surface area contributed by atoms with Crippen molar-refractivity contribution in [3.05, 3.63) is 35.5 Å². The van der Waals surface area contributed by atoms with Gasteiger partial charge in [-0.25, -0.2) is 0 Å². The second-order valence-corrected chi connectivity index (χ2v) is 4.99. The first-order chi connectivity index (χ1) is 8.08. The molecule has 0 aliphatic rings. The Hall–Kier alpha value is -1.55. The molecule has 17 heavy (non-hydrogen) atoms. The maximum absolute atomic E-state index is 10.6. The van der Waals surface area contributed by atoms with Crippen LogP contribution in [0.3, 0.4) is 0 Å². The lowest BCUT2D eigenvalue weighted by atomic mass is 10.1. The number of thioether (sulfide) groups is 1. The van der Waals surface area contributed by atoms with E-state index in [0.29, 0.717) is 0 Å². The second kappa shape index (κ2) is 4.75. The van der Waals surface area contributed by atoms with E-state index in [1.165, 1.54) is 17.3 Å². The molecule has 0 saturated carbocycles. The van der Waals surface area contributed by atoms with Gasteiger partial charge in [-0.3, -0.25) is 9.78 Å². The van der Waals surface area contributed by atoms with Gasteiger partial charge in [0.05, 0.1) is 11.3 Å². The Morgan fingerprint density at radius 2 is 2.18 bits per heavy atom. The number of aromatic nitrogens is 1. The number of aryl methyl sites for hydroxylation is 2. The van der Waals surface area contributed by atoms with E-state index in [1.807, 2.05) is 19.9 Å². The van der Waals surface area contributed by atoms with Crippen LogP contribution in [0.25, 0.3) is 10.9 Å². The van der Waals surface area contributed by atoms with Gasteiger partial charge in [0.1, 0.15) is 0 Å². The van der Waals surface area contributed by atoms with Crippen LogP contribution in [0.2, 0.25) is 0 Å². The summed E-state index contributed by atoms with van der Waals surface area (Å²) in [5.41, 5.74) is 3.24. The minimum absolute atomic E-state index is 0.0755. The first-order valence-corrected chi connectivity index (χ1v) is 6.27. The van der Waals surface area contributed by atoms with Crippen LogP contribution in [0.5, 0.6) is 0 Å². The lowest BCUT2D eigenvalue weighted by Crippen LogP contribution is -1.98. The Balaban J connectivity index is 2.52. The second-order valence-electron chi connectivity index (χ2n) is 3.97. The van der Waals surface area contributed by atoms with E-state index in [0.717, 1.165) is 21.4 Å². The topological polar surface area (TPSA) is 50.2 Å². The molecule has 88 valence electrons. The maximum Gasteiger partial charge on any atom is 0.313 e. The van der Waals surface area contributed by atoms with E-state index in [4.69, 9.17) is 5.11 Å². The van der Waals surface area contributed by atoms with Crippen molar-refractivity contribution in [1.29, 1.82) is 0 Å². The molecule has 0 atom stereocenters. The van der Waals surface area contributed by atoms with Crippen LogP contribution in [0.1, 0.15) is 11.1 Å². The van der Waals surface area contributed by atoms with Gasteiger partial charge in [0.15, 0.2) is 0 Å². The van der Waals surface area contributed by atoms with Gasteiger partial charge in [-0.15, -0.1) is 11.8 Å². The molecule has 0 aliphatic carbocycles. The zero-order valence-corrected chi connectivity index (χ0v) is 10.5. The largest absolute Gasteiger partial charge is 0.481 e. The van der Waals surface area contributed by atoms with E-state index in [9.17, 15) is 4.79 Å². The molecule has 1 aromatic heterocycles. The predicted octanol–water partition coefficient (Wildman–Crippen LogP) is 3.03. The monoisotopic (exact) mass is 247 g/mol. The van der Waals surface area contributed by atoms with E-state index in [-0.39, 0.29) is 5.75 Å². The summed E-state index contributed by atoms with van der Waals surface area (Å²) in [6.07, 6.45) is 1.73. The molecule has 2 rings (SSSR count). The highest BCUT2D eigenvalue weighted by molar-refractivity contribution is 8.00. The van der Waals surface area contributed by atoms with Gasteiger partial charge >= 0.3 is 5.97 Å². The van der Waals surface area contributed by atoms with Crippen molar-refractivity contribution < 1.29 is 9.90 Å². The Morgan fingerprint density at radius 3 is 2.88 bits per heavy atom.